The maximum absolute atomic E-state index is 5.75. The predicted octanol–water partition coefficient (Wildman–Crippen LogP) is 2.54. The second-order valence-electron chi connectivity index (χ2n) is 2.43. The highest BCUT2D eigenvalue weighted by atomic mass is 79.9. The van der Waals surface area contributed by atoms with Gasteiger partial charge in [0.2, 0.25) is 0 Å². The fourth-order valence-electron chi connectivity index (χ4n) is 1.04. The van der Waals surface area contributed by atoms with Gasteiger partial charge in [-0.25, -0.2) is 15.0 Å². The second kappa shape index (κ2) is 3.11. The van der Waals surface area contributed by atoms with E-state index in [2.05, 4.69) is 30.9 Å². The summed E-state index contributed by atoms with van der Waals surface area (Å²) in [7, 11) is 0. The summed E-state index contributed by atoms with van der Waals surface area (Å²) in [4.78, 5) is 12.4. The molecule has 12 heavy (non-hydrogen) atoms. The van der Waals surface area contributed by atoms with Gasteiger partial charge in [0.15, 0.2) is 11.0 Å². The maximum atomic E-state index is 5.75. The fourth-order valence-corrected chi connectivity index (χ4v) is 1.47. The molecule has 0 N–H and O–H groups in total. The van der Waals surface area contributed by atoms with Gasteiger partial charge in [0, 0.05) is 6.21 Å². The summed E-state index contributed by atoms with van der Waals surface area (Å²) in [5, 5.41) is 0.368. The van der Waals surface area contributed by atoms with E-state index in [1.165, 1.54) is 0 Å². The third kappa shape index (κ3) is 1.36. The number of halogens is 2. The molecule has 3 nitrogen and oxygen atoms in total. The Hall–Kier alpha value is -0.480. The molecule has 1 aliphatic heterocycles. The van der Waals surface area contributed by atoms with Crippen molar-refractivity contribution in [2.24, 2.45) is 4.99 Å². The van der Waals surface area contributed by atoms with Crippen molar-refractivity contribution in [3.8, 4) is 0 Å². The number of aryl methyl sites for hydroxylation is 1. The summed E-state index contributed by atoms with van der Waals surface area (Å²) in [6.07, 6.45) is 3.65. The van der Waals surface area contributed by atoms with E-state index in [1.807, 2.05) is 6.21 Å². The molecule has 1 aromatic heterocycles. The highest BCUT2D eigenvalue weighted by Crippen LogP contribution is 2.26. The molecule has 0 fully saturated rings. The molecule has 0 unspecified atom stereocenters. The van der Waals surface area contributed by atoms with Crippen molar-refractivity contribution in [3.05, 3.63) is 15.5 Å². The van der Waals surface area contributed by atoms with Gasteiger partial charge in [-0.15, -0.1) is 0 Å². The average molecular weight is 246 g/mol. The third-order valence-corrected chi connectivity index (χ3v) is 2.63. The van der Waals surface area contributed by atoms with Gasteiger partial charge in [-0.05, 0) is 28.8 Å². The minimum Gasteiger partial charge on any atom is -0.240 e. The van der Waals surface area contributed by atoms with Gasteiger partial charge >= 0.3 is 0 Å². The Morgan fingerprint density at radius 3 is 3.08 bits per heavy atom. The van der Waals surface area contributed by atoms with E-state index in [9.17, 15) is 0 Å². The van der Waals surface area contributed by atoms with Crippen LogP contribution >= 0.6 is 27.5 Å². The van der Waals surface area contributed by atoms with Crippen molar-refractivity contribution >= 4 is 39.6 Å². The van der Waals surface area contributed by atoms with Crippen LogP contribution in [-0.4, -0.2) is 16.2 Å². The molecule has 1 aliphatic rings. The summed E-state index contributed by atoms with van der Waals surface area (Å²) in [5.74, 6) is 0.648. The molecule has 0 saturated carbocycles. The quantitative estimate of drug-likeness (QED) is 0.705. The summed E-state index contributed by atoms with van der Waals surface area (Å²) < 4.78 is 0.597. The molecule has 0 aliphatic carbocycles. The SMILES string of the molecule is Clc1nc2c(nc1Br)CCC=N2. The molecule has 0 aromatic carbocycles. The highest BCUT2D eigenvalue weighted by molar-refractivity contribution is 9.10. The van der Waals surface area contributed by atoms with E-state index in [4.69, 9.17) is 11.6 Å². The van der Waals surface area contributed by atoms with Crippen molar-refractivity contribution in [1.82, 2.24) is 9.97 Å². The summed E-state index contributed by atoms with van der Waals surface area (Å²) in [6.45, 7) is 0. The topological polar surface area (TPSA) is 38.1 Å². The van der Waals surface area contributed by atoms with Gasteiger partial charge in [-0.3, -0.25) is 0 Å². The van der Waals surface area contributed by atoms with E-state index >= 15 is 0 Å². The number of nitrogens with zero attached hydrogens (tertiary/aromatic N) is 3. The zero-order valence-electron chi connectivity index (χ0n) is 6.09. The Labute approximate surface area is 83.0 Å². The molecule has 2 rings (SSSR count). The minimum absolute atomic E-state index is 0.368. The van der Waals surface area contributed by atoms with Crippen molar-refractivity contribution in [3.63, 3.8) is 0 Å². The van der Waals surface area contributed by atoms with Crippen molar-refractivity contribution in [2.45, 2.75) is 12.8 Å². The first-order valence-corrected chi connectivity index (χ1v) is 4.69. The molecule has 0 saturated heterocycles. The summed E-state index contributed by atoms with van der Waals surface area (Å²) in [5.41, 5.74) is 0.911. The van der Waals surface area contributed by atoms with Crippen LogP contribution in [0, 0.1) is 0 Å². The Morgan fingerprint density at radius 2 is 2.25 bits per heavy atom. The molecule has 0 radical (unpaired) electrons. The van der Waals surface area contributed by atoms with Crippen LogP contribution in [0.15, 0.2) is 9.60 Å². The molecule has 2 heterocycles. The van der Waals surface area contributed by atoms with Crippen molar-refractivity contribution < 1.29 is 0 Å². The number of aliphatic imine (C=N–C) groups is 1. The standard InChI is InChI=1S/C7H5BrClN3/c8-5-6(9)12-7-4(11-5)2-1-3-10-7/h3H,1-2H2. The van der Waals surface area contributed by atoms with Crippen LogP contribution in [0.4, 0.5) is 5.82 Å². The molecule has 5 heteroatoms. The molecular formula is C7H5BrClN3. The first-order chi connectivity index (χ1) is 5.77. The van der Waals surface area contributed by atoms with Crippen LogP contribution in [0.5, 0.6) is 0 Å². The van der Waals surface area contributed by atoms with Gasteiger partial charge in [-0.2, -0.15) is 0 Å². The van der Waals surface area contributed by atoms with E-state index in [1.54, 1.807) is 0 Å². The largest absolute Gasteiger partial charge is 0.240 e. The van der Waals surface area contributed by atoms with Gasteiger partial charge < -0.3 is 0 Å². The number of hydrogen-bond acceptors (Lipinski definition) is 3. The van der Waals surface area contributed by atoms with E-state index < -0.39 is 0 Å². The normalized spacial score (nSPS) is 14.5. The van der Waals surface area contributed by atoms with E-state index in [0.29, 0.717) is 15.6 Å². The Morgan fingerprint density at radius 1 is 1.42 bits per heavy atom. The minimum atomic E-state index is 0.368. The van der Waals surface area contributed by atoms with E-state index in [-0.39, 0.29) is 0 Å². The van der Waals surface area contributed by atoms with Crippen LogP contribution in [0.2, 0.25) is 5.15 Å². The monoisotopic (exact) mass is 245 g/mol. The fraction of sp³-hybridized carbons (Fsp3) is 0.286. The van der Waals surface area contributed by atoms with Gasteiger partial charge in [-0.1, -0.05) is 11.6 Å². The second-order valence-corrected chi connectivity index (χ2v) is 3.54. The Kier molecular flexibility index (Phi) is 2.11. The lowest BCUT2D eigenvalue weighted by Crippen LogP contribution is -2.00. The first kappa shape index (κ1) is 8.13. The van der Waals surface area contributed by atoms with Crippen LogP contribution in [-0.2, 0) is 6.42 Å². The zero-order chi connectivity index (χ0) is 8.55. The molecule has 62 valence electrons. The van der Waals surface area contributed by atoms with Gasteiger partial charge in [0.25, 0.3) is 0 Å². The molecule has 1 aromatic rings. The number of hydrogen-bond donors (Lipinski definition) is 0. The predicted molar refractivity (Wildman–Crippen MR) is 51.2 cm³/mol. The molecule has 0 spiro atoms. The first-order valence-electron chi connectivity index (χ1n) is 3.52. The number of fused-ring (bicyclic) bond motifs is 1. The van der Waals surface area contributed by atoms with Crippen LogP contribution in [0.3, 0.4) is 0 Å². The maximum Gasteiger partial charge on any atom is 0.175 e. The Bertz CT molecular complexity index is 351. The highest BCUT2D eigenvalue weighted by Gasteiger charge is 2.11. The van der Waals surface area contributed by atoms with Crippen molar-refractivity contribution in [1.29, 1.82) is 0 Å². The van der Waals surface area contributed by atoms with Crippen molar-refractivity contribution in [2.75, 3.05) is 0 Å². The molecular weight excluding hydrogens is 241 g/mol. The molecule has 0 bridgehead atoms. The van der Waals surface area contributed by atoms with Gasteiger partial charge in [0.05, 0.1) is 5.69 Å². The van der Waals surface area contributed by atoms with E-state index in [0.717, 1.165) is 18.5 Å². The summed E-state index contributed by atoms with van der Waals surface area (Å²) in [6, 6.07) is 0. The zero-order valence-corrected chi connectivity index (χ0v) is 8.43. The average Bonchev–Trinajstić information content (AvgIpc) is 2.07. The number of rotatable bonds is 0. The molecule has 0 atom stereocenters. The lowest BCUT2D eigenvalue weighted by molar-refractivity contribution is 0.921. The Balaban J connectivity index is 2.58. The third-order valence-electron chi connectivity index (χ3n) is 1.59. The van der Waals surface area contributed by atoms with Gasteiger partial charge in [0.1, 0.15) is 4.60 Å². The van der Waals surface area contributed by atoms with Crippen LogP contribution in [0.25, 0.3) is 0 Å². The summed E-state index contributed by atoms with van der Waals surface area (Å²) >= 11 is 8.97. The lowest BCUT2D eigenvalue weighted by atomic mass is 10.2. The lowest BCUT2D eigenvalue weighted by Gasteiger charge is -2.07. The van der Waals surface area contributed by atoms with Crippen LogP contribution < -0.4 is 0 Å². The molecule has 0 amide bonds. The number of aromatic nitrogens is 2. The van der Waals surface area contributed by atoms with Crippen LogP contribution in [0.1, 0.15) is 12.1 Å². The smallest absolute Gasteiger partial charge is 0.175 e.